The zero-order chi connectivity index (χ0) is 15.5. The molecule has 0 radical (unpaired) electrons. The fourth-order valence-electron chi connectivity index (χ4n) is 3.96. The smallest absolute Gasteiger partial charge is 0.135 e. The minimum atomic E-state index is 0. The van der Waals surface area contributed by atoms with Gasteiger partial charge >= 0.3 is 0 Å². The molecule has 3 nitrogen and oxygen atoms in total. The second-order valence-electron chi connectivity index (χ2n) is 6.42. The van der Waals surface area contributed by atoms with E-state index in [1.807, 2.05) is 6.07 Å². The van der Waals surface area contributed by atoms with Crippen LogP contribution in [0.1, 0.15) is 43.7 Å². The van der Waals surface area contributed by atoms with Gasteiger partial charge in [-0.2, -0.15) is 0 Å². The number of nitrogens with zero attached hydrogens (tertiary/aromatic N) is 1. The first-order chi connectivity index (χ1) is 10.7. The summed E-state index contributed by atoms with van der Waals surface area (Å²) in [7, 11) is 0. The van der Waals surface area contributed by atoms with Crippen LogP contribution in [0.4, 0.5) is 0 Å². The highest BCUT2D eigenvalue weighted by molar-refractivity contribution is 9.11. The van der Waals surface area contributed by atoms with Crippen LogP contribution in [-0.2, 0) is 0 Å². The summed E-state index contributed by atoms with van der Waals surface area (Å²) < 4.78 is 1.82. The standard InChI is InChI=1S/C17H24Br2N2O.2ClH/c18-13-6-7-14(19)17(22)15(13)16(12-4-2-1-3-5-12)21-10-8-20-9-11-21;;/h6-7,12,16,20,22H,1-5,8-11H2;2*1H/t16-;;/m1../s1. The van der Waals surface area contributed by atoms with Gasteiger partial charge in [-0.15, -0.1) is 24.8 Å². The second-order valence-corrected chi connectivity index (χ2v) is 8.13. The van der Waals surface area contributed by atoms with Crippen LogP contribution in [0.5, 0.6) is 5.75 Å². The molecule has 0 aromatic heterocycles. The molecule has 1 aliphatic heterocycles. The van der Waals surface area contributed by atoms with Crippen LogP contribution in [0.15, 0.2) is 21.1 Å². The highest BCUT2D eigenvalue weighted by Crippen LogP contribution is 2.46. The molecule has 0 unspecified atom stereocenters. The third-order valence-electron chi connectivity index (χ3n) is 5.05. The van der Waals surface area contributed by atoms with E-state index < -0.39 is 0 Å². The maximum Gasteiger partial charge on any atom is 0.135 e. The van der Waals surface area contributed by atoms with E-state index in [2.05, 4.69) is 48.1 Å². The number of piperazine rings is 1. The number of aromatic hydroxyl groups is 1. The maximum absolute atomic E-state index is 10.7. The lowest BCUT2D eigenvalue weighted by Crippen LogP contribution is -2.47. The molecule has 1 heterocycles. The van der Waals surface area contributed by atoms with Gasteiger partial charge in [-0.25, -0.2) is 0 Å². The summed E-state index contributed by atoms with van der Waals surface area (Å²) in [5.74, 6) is 1.05. The fraction of sp³-hybridized carbons (Fsp3) is 0.647. The molecule has 7 heteroatoms. The first-order valence-corrected chi connectivity index (χ1v) is 9.88. The minimum absolute atomic E-state index is 0. The molecule has 138 valence electrons. The summed E-state index contributed by atoms with van der Waals surface area (Å²) in [6, 6.07) is 4.28. The summed E-state index contributed by atoms with van der Waals surface area (Å²) in [5, 5.41) is 14.1. The van der Waals surface area contributed by atoms with Gasteiger partial charge in [0, 0.05) is 42.3 Å². The largest absolute Gasteiger partial charge is 0.506 e. The summed E-state index contributed by atoms with van der Waals surface area (Å²) in [4.78, 5) is 2.57. The van der Waals surface area contributed by atoms with Gasteiger partial charge in [0.15, 0.2) is 0 Å². The number of phenols is 1. The van der Waals surface area contributed by atoms with E-state index in [1.54, 1.807) is 0 Å². The Morgan fingerprint density at radius 2 is 1.58 bits per heavy atom. The summed E-state index contributed by atoms with van der Waals surface area (Å²) in [6.07, 6.45) is 6.54. The molecular weight excluding hydrogens is 479 g/mol. The van der Waals surface area contributed by atoms with Crippen molar-refractivity contribution in [3.05, 3.63) is 26.6 Å². The highest BCUT2D eigenvalue weighted by atomic mass is 79.9. The van der Waals surface area contributed by atoms with Crippen LogP contribution >= 0.6 is 56.7 Å². The number of benzene rings is 1. The van der Waals surface area contributed by atoms with E-state index in [0.717, 1.165) is 40.7 Å². The molecule has 1 aromatic rings. The van der Waals surface area contributed by atoms with Crippen LogP contribution < -0.4 is 5.32 Å². The predicted molar refractivity (Wildman–Crippen MR) is 112 cm³/mol. The Morgan fingerprint density at radius 3 is 2.21 bits per heavy atom. The van der Waals surface area contributed by atoms with E-state index in [4.69, 9.17) is 0 Å². The normalized spacial score (nSPS) is 20.8. The molecule has 1 saturated carbocycles. The molecule has 3 rings (SSSR count). The first-order valence-electron chi connectivity index (χ1n) is 8.30. The molecule has 0 amide bonds. The van der Waals surface area contributed by atoms with E-state index in [-0.39, 0.29) is 24.8 Å². The van der Waals surface area contributed by atoms with Gasteiger partial charge in [0.2, 0.25) is 0 Å². The Hall–Kier alpha value is 0.480. The molecule has 1 saturated heterocycles. The minimum Gasteiger partial charge on any atom is -0.506 e. The second kappa shape index (κ2) is 10.6. The predicted octanol–water partition coefficient (Wildman–Crippen LogP) is 5.29. The lowest BCUT2D eigenvalue weighted by atomic mass is 9.80. The van der Waals surface area contributed by atoms with Crippen LogP contribution in [0.3, 0.4) is 0 Å². The number of hydrogen-bond acceptors (Lipinski definition) is 3. The van der Waals surface area contributed by atoms with Gasteiger partial charge in [0.1, 0.15) is 5.75 Å². The average molecular weight is 505 g/mol. The molecule has 0 spiro atoms. The van der Waals surface area contributed by atoms with E-state index in [1.165, 1.54) is 32.1 Å². The Balaban J connectivity index is 0.00000144. The number of phenolic OH excluding ortho intramolecular Hbond substituents is 1. The van der Waals surface area contributed by atoms with E-state index in [0.29, 0.717) is 17.7 Å². The topological polar surface area (TPSA) is 35.5 Å². The van der Waals surface area contributed by atoms with Crippen molar-refractivity contribution >= 4 is 56.7 Å². The first kappa shape index (κ1) is 22.5. The maximum atomic E-state index is 10.7. The van der Waals surface area contributed by atoms with Crippen LogP contribution in [-0.4, -0.2) is 36.2 Å². The Kier molecular flexibility index (Phi) is 9.93. The molecule has 2 aliphatic rings. The van der Waals surface area contributed by atoms with Crippen molar-refractivity contribution < 1.29 is 5.11 Å². The summed E-state index contributed by atoms with van der Waals surface area (Å²) >= 11 is 7.19. The third-order valence-corrected chi connectivity index (χ3v) is 6.38. The van der Waals surface area contributed by atoms with Crippen molar-refractivity contribution in [2.75, 3.05) is 26.2 Å². The van der Waals surface area contributed by atoms with Crippen molar-refractivity contribution in [2.45, 2.75) is 38.1 Å². The monoisotopic (exact) mass is 502 g/mol. The van der Waals surface area contributed by atoms with Gasteiger partial charge in [0.25, 0.3) is 0 Å². The van der Waals surface area contributed by atoms with Gasteiger partial charge in [-0.1, -0.05) is 35.2 Å². The summed E-state index contributed by atoms with van der Waals surface area (Å²) in [6.45, 7) is 4.18. The average Bonchev–Trinajstić information content (AvgIpc) is 2.57. The SMILES string of the molecule is Cl.Cl.Oc1c(Br)ccc(Br)c1[C@@H](C1CCCCC1)N1CCNCC1. The Labute approximate surface area is 174 Å². The molecule has 1 atom stereocenters. The van der Waals surface area contributed by atoms with Gasteiger partial charge in [0.05, 0.1) is 4.47 Å². The molecule has 2 fully saturated rings. The molecule has 0 bridgehead atoms. The molecular formula is C17H26Br2Cl2N2O. The van der Waals surface area contributed by atoms with Crippen molar-refractivity contribution in [3.63, 3.8) is 0 Å². The van der Waals surface area contributed by atoms with Gasteiger partial charge < -0.3 is 10.4 Å². The van der Waals surface area contributed by atoms with Gasteiger partial charge in [-0.3, -0.25) is 4.90 Å². The van der Waals surface area contributed by atoms with Crippen molar-refractivity contribution in [1.82, 2.24) is 10.2 Å². The van der Waals surface area contributed by atoms with Gasteiger partial charge in [-0.05, 0) is 46.8 Å². The van der Waals surface area contributed by atoms with Crippen molar-refractivity contribution in [1.29, 1.82) is 0 Å². The zero-order valence-electron chi connectivity index (χ0n) is 13.6. The lowest BCUT2D eigenvalue weighted by Gasteiger charge is -2.41. The van der Waals surface area contributed by atoms with Crippen LogP contribution in [0.25, 0.3) is 0 Å². The highest BCUT2D eigenvalue weighted by Gasteiger charge is 2.34. The number of nitrogens with one attached hydrogen (secondary N) is 1. The van der Waals surface area contributed by atoms with Crippen LogP contribution in [0, 0.1) is 5.92 Å². The zero-order valence-corrected chi connectivity index (χ0v) is 18.4. The molecule has 24 heavy (non-hydrogen) atoms. The quantitative estimate of drug-likeness (QED) is 0.587. The van der Waals surface area contributed by atoms with E-state index >= 15 is 0 Å². The number of halogens is 4. The molecule has 2 N–H and O–H groups in total. The summed E-state index contributed by atoms with van der Waals surface area (Å²) in [5.41, 5.74) is 1.07. The number of rotatable bonds is 3. The van der Waals surface area contributed by atoms with Crippen LogP contribution in [0.2, 0.25) is 0 Å². The van der Waals surface area contributed by atoms with Crippen molar-refractivity contribution in [3.8, 4) is 5.75 Å². The third kappa shape index (κ3) is 5.01. The Morgan fingerprint density at radius 1 is 1.00 bits per heavy atom. The molecule has 1 aliphatic carbocycles. The van der Waals surface area contributed by atoms with Crippen molar-refractivity contribution in [2.24, 2.45) is 5.92 Å². The lowest BCUT2D eigenvalue weighted by molar-refractivity contribution is 0.101. The number of hydrogen-bond donors (Lipinski definition) is 2. The fourth-order valence-corrected chi connectivity index (χ4v) is 4.87. The molecule has 1 aromatic carbocycles. The van der Waals surface area contributed by atoms with E-state index in [9.17, 15) is 5.11 Å². The Bertz CT molecular complexity index is 504.